The minimum Gasteiger partial charge on any atom is -0.356 e. The maximum absolute atomic E-state index is 14.2. The number of halogens is 1. The largest absolute Gasteiger partial charge is 0.356 e. The summed E-state index contributed by atoms with van der Waals surface area (Å²) in [5.74, 6) is 0.358. The molecule has 2 aliphatic rings. The van der Waals surface area contributed by atoms with Gasteiger partial charge in [-0.05, 0) is 25.0 Å². The smallest absolute Gasteiger partial charge is 0.317 e. The maximum atomic E-state index is 14.2. The van der Waals surface area contributed by atoms with Crippen LogP contribution in [0.5, 0.6) is 0 Å². The summed E-state index contributed by atoms with van der Waals surface area (Å²) in [6, 6.07) is 5.18. The van der Waals surface area contributed by atoms with Crippen molar-refractivity contribution in [3.63, 3.8) is 0 Å². The fourth-order valence-corrected chi connectivity index (χ4v) is 3.52. The van der Waals surface area contributed by atoms with Gasteiger partial charge in [-0.1, -0.05) is 6.07 Å². The van der Waals surface area contributed by atoms with Crippen LogP contribution in [0.25, 0.3) is 10.9 Å². The van der Waals surface area contributed by atoms with Gasteiger partial charge in [0.25, 0.3) is 0 Å². The fourth-order valence-electron chi connectivity index (χ4n) is 3.52. The number of urea groups is 1. The lowest BCUT2D eigenvalue weighted by atomic mass is 10.0. The first-order valence-electron chi connectivity index (χ1n) is 7.92. The fraction of sp³-hybridized carbons (Fsp3) is 0.438. The SMILES string of the molecule is O=C1NCCN1C1CCN(c2ncnc3cccc(F)c23)CC1. The van der Waals surface area contributed by atoms with E-state index in [0.717, 1.165) is 39.0 Å². The normalized spacial score (nSPS) is 19.4. The van der Waals surface area contributed by atoms with Crippen molar-refractivity contribution in [3.8, 4) is 0 Å². The molecule has 2 aliphatic heterocycles. The number of hydrogen-bond donors (Lipinski definition) is 1. The molecule has 3 heterocycles. The Morgan fingerprint density at radius 1 is 1.17 bits per heavy atom. The summed E-state index contributed by atoms with van der Waals surface area (Å²) in [7, 11) is 0. The van der Waals surface area contributed by atoms with Crippen molar-refractivity contribution in [1.29, 1.82) is 0 Å². The molecule has 120 valence electrons. The lowest BCUT2D eigenvalue weighted by Crippen LogP contribution is -2.46. The standard InChI is InChI=1S/C16H18FN5O/c17-12-2-1-3-13-14(12)15(20-10-19-13)21-7-4-11(5-8-21)22-9-6-18-16(22)23/h1-3,10-11H,4-9H2,(H,18,23). The van der Waals surface area contributed by atoms with E-state index < -0.39 is 0 Å². The summed E-state index contributed by atoms with van der Waals surface area (Å²) in [6.45, 7) is 3.01. The average molecular weight is 315 g/mol. The van der Waals surface area contributed by atoms with Crippen molar-refractivity contribution in [2.45, 2.75) is 18.9 Å². The highest BCUT2D eigenvalue weighted by atomic mass is 19.1. The highest BCUT2D eigenvalue weighted by Gasteiger charge is 2.31. The minimum absolute atomic E-state index is 0.0296. The van der Waals surface area contributed by atoms with Crippen molar-refractivity contribution in [2.24, 2.45) is 0 Å². The number of hydrogen-bond acceptors (Lipinski definition) is 4. The third kappa shape index (κ3) is 2.46. The number of aromatic nitrogens is 2. The number of nitrogens with one attached hydrogen (secondary N) is 1. The van der Waals surface area contributed by atoms with E-state index in [1.54, 1.807) is 12.1 Å². The van der Waals surface area contributed by atoms with E-state index in [1.165, 1.54) is 12.4 Å². The summed E-state index contributed by atoms with van der Waals surface area (Å²) < 4.78 is 14.2. The summed E-state index contributed by atoms with van der Waals surface area (Å²) in [5.41, 5.74) is 0.621. The molecular weight excluding hydrogens is 297 g/mol. The number of carbonyl (C=O) groups is 1. The second-order valence-corrected chi connectivity index (χ2v) is 5.97. The van der Waals surface area contributed by atoms with Gasteiger partial charge < -0.3 is 15.1 Å². The Kier molecular flexibility index (Phi) is 3.48. The Balaban J connectivity index is 1.56. The summed E-state index contributed by atoms with van der Waals surface area (Å²) >= 11 is 0. The Morgan fingerprint density at radius 2 is 2.00 bits per heavy atom. The second kappa shape index (κ2) is 5.64. The zero-order valence-electron chi connectivity index (χ0n) is 12.7. The van der Waals surface area contributed by atoms with Gasteiger partial charge in [-0.15, -0.1) is 0 Å². The van der Waals surface area contributed by atoms with E-state index in [4.69, 9.17) is 0 Å². The first-order chi connectivity index (χ1) is 11.2. The third-order valence-electron chi connectivity index (χ3n) is 4.69. The Labute approximate surface area is 133 Å². The molecule has 0 aliphatic carbocycles. The van der Waals surface area contributed by atoms with Gasteiger partial charge >= 0.3 is 6.03 Å². The van der Waals surface area contributed by atoms with Crippen molar-refractivity contribution >= 4 is 22.8 Å². The molecule has 1 aromatic heterocycles. The number of rotatable bonds is 2. The molecule has 6 nitrogen and oxygen atoms in total. The molecule has 1 aromatic carbocycles. The summed E-state index contributed by atoms with van der Waals surface area (Å²) in [5, 5.41) is 3.32. The van der Waals surface area contributed by atoms with Crippen molar-refractivity contribution in [2.75, 3.05) is 31.1 Å². The average Bonchev–Trinajstić information content (AvgIpc) is 3.01. The summed E-state index contributed by atoms with van der Waals surface area (Å²) in [6.07, 6.45) is 3.22. The van der Waals surface area contributed by atoms with Crippen LogP contribution in [0.3, 0.4) is 0 Å². The molecule has 2 fully saturated rings. The molecule has 0 radical (unpaired) electrons. The first kappa shape index (κ1) is 14.2. The number of carbonyl (C=O) groups excluding carboxylic acids is 1. The molecule has 23 heavy (non-hydrogen) atoms. The Bertz CT molecular complexity index is 739. The van der Waals surface area contributed by atoms with Crippen LogP contribution in [0.15, 0.2) is 24.5 Å². The monoisotopic (exact) mass is 315 g/mol. The molecule has 0 saturated carbocycles. The predicted molar refractivity (Wildman–Crippen MR) is 84.8 cm³/mol. The molecule has 2 amide bonds. The number of fused-ring (bicyclic) bond motifs is 1. The molecule has 0 atom stereocenters. The molecule has 1 N–H and O–H groups in total. The number of benzene rings is 1. The van der Waals surface area contributed by atoms with E-state index in [0.29, 0.717) is 16.7 Å². The van der Waals surface area contributed by atoms with Crippen LogP contribution in [-0.4, -0.2) is 53.1 Å². The van der Waals surface area contributed by atoms with Gasteiger partial charge in [0.2, 0.25) is 0 Å². The summed E-state index contributed by atoms with van der Waals surface area (Å²) in [4.78, 5) is 24.2. The van der Waals surface area contributed by atoms with Gasteiger partial charge in [0.15, 0.2) is 0 Å². The lowest BCUT2D eigenvalue weighted by molar-refractivity contribution is 0.186. The van der Waals surface area contributed by atoms with Gasteiger partial charge in [-0.25, -0.2) is 19.2 Å². The molecule has 0 unspecified atom stereocenters. The van der Waals surface area contributed by atoms with Crippen molar-refractivity contribution < 1.29 is 9.18 Å². The van der Waals surface area contributed by atoms with Gasteiger partial charge in [0.05, 0.1) is 10.9 Å². The second-order valence-electron chi connectivity index (χ2n) is 5.97. The Morgan fingerprint density at radius 3 is 2.74 bits per heavy atom. The van der Waals surface area contributed by atoms with E-state index in [-0.39, 0.29) is 17.9 Å². The zero-order valence-corrected chi connectivity index (χ0v) is 12.7. The number of anilines is 1. The van der Waals surface area contributed by atoms with Crippen LogP contribution in [0.2, 0.25) is 0 Å². The van der Waals surface area contributed by atoms with Crippen molar-refractivity contribution in [1.82, 2.24) is 20.2 Å². The molecule has 0 spiro atoms. The van der Waals surface area contributed by atoms with E-state index in [1.807, 2.05) is 4.90 Å². The number of amides is 2. The molecule has 0 bridgehead atoms. The minimum atomic E-state index is -0.292. The van der Waals surface area contributed by atoms with Crippen LogP contribution in [0, 0.1) is 5.82 Å². The maximum Gasteiger partial charge on any atom is 0.317 e. The molecule has 2 saturated heterocycles. The van der Waals surface area contributed by atoms with E-state index in [9.17, 15) is 9.18 Å². The first-order valence-corrected chi connectivity index (χ1v) is 7.92. The van der Waals surface area contributed by atoms with Crippen LogP contribution in [-0.2, 0) is 0 Å². The lowest BCUT2D eigenvalue weighted by Gasteiger charge is -2.37. The Hall–Kier alpha value is -2.44. The molecule has 2 aromatic rings. The van der Waals surface area contributed by atoms with Crippen LogP contribution >= 0.6 is 0 Å². The number of nitrogens with zero attached hydrogens (tertiary/aromatic N) is 4. The molecule has 4 rings (SSSR count). The third-order valence-corrected chi connectivity index (χ3v) is 4.69. The zero-order chi connectivity index (χ0) is 15.8. The van der Waals surface area contributed by atoms with Crippen LogP contribution in [0.1, 0.15) is 12.8 Å². The number of piperidine rings is 1. The molecular formula is C16H18FN5O. The van der Waals surface area contributed by atoms with Gasteiger partial charge in [-0.2, -0.15) is 0 Å². The van der Waals surface area contributed by atoms with Crippen LogP contribution in [0.4, 0.5) is 15.0 Å². The van der Waals surface area contributed by atoms with E-state index >= 15 is 0 Å². The van der Waals surface area contributed by atoms with Gasteiger partial charge in [-0.3, -0.25) is 0 Å². The topological polar surface area (TPSA) is 61.4 Å². The van der Waals surface area contributed by atoms with Gasteiger partial charge in [0, 0.05) is 32.2 Å². The highest BCUT2D eigenvalue weighted by molar-refractivity contribution is 5.89. The van der Waals surface area contributed by atoms with Gasteiger partial charge in [0.1, 0.15) is 18.0 Å². The highest BCUT2D eigenvalue weighted by Crippen LogP contribution is 2.29. The predicted octanol–water partition coefficient (Wildman–Crippen LogP) is 1.76. The van der Waals surface area contributed by atoms with Crippen LogP contribution < -0.4 is 10.2 Å². The van der Waals surface area contributed by atoms with E-state index in [2.05, 4.69) is 20.2 Å². The van der Waals surface area contributed by atoms with Crippen molar-refractivity contribution in [3.05, 3.63) is 30.3 Å². The molecule has 7 heteroatoms. The quantitative estimate of drug-likeness (QED) is 0.917.